The highest BCUT2D eigenvalue weighted by Crippen LogP contribution is 1.79. The van der Waals surface area contributed by atoms with Crippen molar-refractivity contribution in [3.05, 3.63) is 17.9 Å². The van der Waals surface area contributed by atoms with E-state index in [4.69, 9.17) is 4.74 Å². The van der Waals surface area contributed by atoms with E-state index in [1.165, 1.54) is 0 Å². The molecule has 0 heterocycles. The zero-order valence-corrected chi connectivity index (χ0v) is 5.43. The van der Waals surface area contributed by atoms with Crippen molar-refractivity contribution in [2.24, 2.45) is 0 Å². The fraction of sp³-hybridized carbons (Fsp3) is 0.667. The van der Waals surface area contributed by atoms with Gasteiger partial charge in [-0.25, -0.2) is 0 Å². The highest BCUT2D eigenvalue weighted by molar-refractivity contribution is 4.63. The molecule has 0 aromatic rings. The number of hydrogen-bond acceptors (Lipinski definition) is 3. The molecule has 0 aromatic heterocycles. The zero-order chi connectivity index (χ0) is 6.95. The first kappa shape index (κ1) is 8.62. The number of hydroxylamine groups is 1. The quantitative estimate of drug-likeness (QED) is 0.326. The van der Waals surface area contributed by atoms with Gasteiger partial charge in [0, 0.05) is 6.61 Å². The lowest BCUT2D eigenvalue weighted by Gasteiger charge is -2.05. The lowest BCUT2D eigenvalue weighted by atomic mass is 10.5. The standard InChI is InChI=1S/C6H12NO2/c1-2-5-9-6-3-4-7-8/h2,7H,1,3-6H2/q-1. The summed E-state index contributed by atoms with van der Waals surface area (Å²) in [6.45, 7) is 5.14. The molecular formula is C6H12NO2-. The van der Waals surface area contributed by atoms with Crippen LogP contribution in [-0.2, 0) is 4.74 Å². The highest BCUT2D eigenvalue weighted by Gasteiger charge is 1.81. The molecule has 3 nitrogen and oxygen atoms in total. The first-order valence-electron chi connectivity index (χ1n) is 2.95. The Morgan fingerprint density at radius 1 is 1.67 bits per heavy atom. The molecule has 0 bridgehead atoms. The maximum atomic E-state index is 9.64. The second-order valence-electron chi connectivity index (χ2n) is 1.61. The summed E-state index contributed by atoms with van der Waals surface area (Å²) in [6, 6.07) is 0. The Morgan fingerprint density at radius 3 is 3.00 bits per heavy atom. The van der Waals surface area contributed by atoms with E-state index < -0.39 is 0 Å². The summed E-state index contributed by atoms with van der Waals surface area (Å²) in [7, 11) is 0. The molecule has 0 atom stereocenters. The van der Waals surface area contributed by atoms with Crippen molar-refractivity contribution in [3.63, 3.8) is 0 Å². The van der Waals surface area contributed by atoms with Gasteiger partial charge in [0.15, 0.2) is 0 Å². The van der Waals surface area contributed by atoms with Crippen molar-refractivity contribution < 1.29 is 4.74 Å². The number of rotatable bonds is 6. The maximum Gasteiger partial charge on any atom is 0.0644 e. The second-order valence-corrected chi connectivity index (χ2v) is 1.61. The first-order chi connectivity index (χ1) is 4.41. The van der Waals surface area contributed by atoms with Gasteiger partial charge in [-0.15, -0.1) is 6.58 Å². The van der Waals surface area contributed by atoms with Crippen molar-refractivity contribution >= 4 is 0 Å². The molecule has 0 aliphatic carbocycles. The Bertz CT molecular complexity index is 66.1. The van der Waals surface area contributed by atoms with Crippen LogP contribution in [0.15, 0.2) is 12.7 Å². The van der Waals surface area contributed by atoms with Gasteiger partial charge >= 0.3 is 0 Å². The monoisotopic (exact) mass is 130 g/mol. The minimum Gasteiger partial charge on any atom is -0.788 e. The fourth-order valence-electron chi connectivity index (χ4n) is 0.413. The number of hydrogen-bond donors (Lipinski definition) is 1. The van der Waals surface area contributed by atoms with Gasteiger partial charge in [0.05, 0.1) is 6.61 Å². The molecule has 9 heavy (non-hydrogen) atoms. The van der Waals surface area contributed by atoms with E-state index in [9.17, 15) is 5.21 Å². The predicted molar refractivity (Wildman–Crippen MR) is 37.0 cm³/mol. The van der Waals surface area contributed by atoms with Crippen molar-refractivity contribution in [3.8, 4) is 0 Å². The van der Waals surface area contributed by atoms with E-state index in [0.29, 0.717) is 19.8 Å². The maximum absolute atomic E-state index is 9.64. The molecule has 0 rings (SSSR count). The summed E-state index contributed by atoms with van der Waals surface area (Å²) in [6.07, 6.45) is 2.45. The molecule has 1 N–H and O–H groups in total. The Morgan fingerprint density at radius 2 is 2.44 bits per heavy atom. The van der Waals surface area contributed by atoms with Crippen LogP contribution in [0, 0.1) is 5.21 Å². The molecule has 0 aliphatic rings. The molecule has 0 amide bonds. The van der Waals surface area contributed by atoms with E-state index in [2.05, 4.69) is 6.58 Å². The molecule has 0 radical (unpaired) electrons. The summed E-state index contributed by atoms with van der Waals surface area (Å²) in [5, 5.41) is 9.64. The van der Waals surface area contributed by atoms with Gasteiger partial charge in [0.2, 0.25) is 0 Å². The van der Waals surface area contributed by atoms with E-state index in [1.54, 1.807) is 11.6 Å². The Balaban J connectivity index is 2.66. The molecule has 0 spiro atoms. The van der Waals surface area contributed by atoms with Crippen molar-refractivity contribution in [1.29, 1.82) is 0 Å². The lowest BCUT2D eigenvalue weighted by molar-refractivity contribution is 0.160. The highest BCUT2D eigenvalue weighted by atomic mass is 16.5. The summed E-state index contributed by atoms with van der Waals surface area (Å²) < 4.78 is 4.99. The van der Waals surface area contributed by atoms with Crippen LogP contribution in [0.5, 0.6) is 0 Å². The Hall–Kier alpha value is -0.380. The summed E-state index contributed by atoms with van der Waals surface area (Å²) in [4.78, 5) is 0. The normalized spacial score (nSPS) is 9.44. The SMILES string of the molecule is C=CCOCCCN[O-]. The van der Waals surface area contributed by atoms with E-state index in [1.807, 2.05) is 0 Å². The molecule has 0 aliphatic heterocycles. The number of ether oxygens (including phenoxy) is 1. The van der Waals surface area contributed by atoms with Gasteiger partial charge in [-0.05, 0) is 13.0 Å². The van der Waals surface area contributed by atoms with E-state index >= 15 is 0 Å². The van der Waals surface area contributed by atoms with Gasteiger partial charge < -0.3 is 15.4 Å². The molecular weight excluding hydrogens is 118 g/mol. The third-order valence-corrected chi connectivity index (χ3v) is 0.803. The van der Waals surface area contributed by atoms with Crippen LogP contribution < -0.4 is 5.48 Å². The molecule has 0 saturated carbocycles. The molecule has 0 unspecified atom stereocenters. The van der Waals surface area contributed by atoms with Crippen LogP contribution in [0.25, 0.3) is 0 Å². The zero-order valence-electron chi connectivity index (χ0n) is 5.43. The third kappa shape index (κ3) is 7.62. The fourth-order valence-corrected chi connectivity index (χ4v) is 0.413. The van der Waals surface area contributed by atoms with Gasteiger partial charge in [0.25, 0.3) is 0 Å². The van der Waals surface area contributed by atoms with E-state index in [0.717, 1.165) is 6.42 Å². The Labute approximate surface area is 55.3 Å². The minimum atomic E-state index is 0.469. The summed E-state index contributed by atoms with van der Waals surface area (Å²) >= 11 is 0. The smallest absolute Gasteiger partial charge is 0.0644 e. The van der Waals surface area contributed by atoms with Crippen LogP contribution >= 0.6 is 0 Å². The summed E-state index contributed by atoms with van der Waals surface area (Å²) in [5.74, 6) is 0. The lowest BCUT2D eigenvalue weighted by Crippen LogP contribution is -2.08. The largest absolute Gasteiger partial charge is 0.788 e. The third-order valence-electron chi connectivity index (χ3n) is 0.803. The van der Waals surface area contributed by atoms with Gasteiger partial charge in [0.1, 0.15) is 0 Å². The minimum absolute atomic E-state index is 0.469. The first-order valence-corrected chi connectivity index (χ1v) is 2.95. The van der Waals surface area contributed by atoms with Crippen molar-refractivity contribution in [2.75, 3.05) is 19.8 Å². The van der Waals surface area contributed by atoms with Crippen molar-refractivity contribution in [1.82, 2.24) is 5.48 Å². The van der Waals surface area contributed by atoms with Crippen LogP contribution in [0.1, 0.15) is 6.42 Å². The van der Waals surface area contributed by atoms with Crippen LogP contribution in [0.2, 0.25) is 0 Å². The predicted octanol–water partition coefficient (Wildman–Crippen LogP) is 0.666. The Kier molecular flexibility index (Phi) is 7.30. The van der Waals surface area contributed by atoms with Crippen LogP contribution in [-0.4, -0.2) is 19.8 Å². The second kappa shape index (κ2) is 7.62. The van der Waals surface area contributed by atoms with Crippen molar-refractivity contribution in [2.45, 2.75) is 6.42 Å². The average Bonchev–Trinajstić information content (AvgIpc) is 1.89. The molecule has 3 heteroatoms. The number of nitrogens with one attached hydrogen (secondary N) is 1. The topological polar surface area (TPSA) is 44.3 Å². The van der Waals surface area contributed by atoms with Gasteiger partial charge in [-0.1, -0.05) is 6.08 Å². The molecule has 0 saturated heterocycles. The molecule has 54 valence electrons. The van der Waals surface area contributed by atoms with Crippen LogP contribution in [0.3, 0.4) is 0 Å². The molecule has 0 fully saturated rings. The van der Waals surface area contributed by atoms with E-state index in [-0.39, 0.29) is 0 Å². The average molecular weight is 130 g/mol. The molecule has 0 aromatic carbocycles. The van der Waals surface area contributed by atoms with Gasteiger partial charge in [-0.3, -0.25) is 0 Å². The van der Waals surface area contributed by atoms with Crippen LogP contribution in [0.4, 0.5) is 0 Å². The van der Waals surface area contributed by atoms with Gasteiger partial charge in [-0.2, -0.15) is 0 Å². The summed E-state index contributed by atoms with van der Waals surface area (Å²) in [5.41, 5.74) is 1.79.